The molecule has 1 aliphatic heterocycles. The molecule has 1 fully saturated rings. The molecule has 27 heavy (non-hydrogen) atoms. The fourth-order valence-electron chi connectivity index (χ4n) is 3.22. The number of para-hydroxylation sites is 1. The second kappa shape index (κ2) is 7.59. The lowest BCUT2D eigenvalue weighted by Gasteiger charge is -2.25. The van der Waals surface area contributed by atoms with E-state index < -0.39 is 0 Å². The maximum absolute atomic E-state index is 12.6. The molecule has 2 aromatic heterocycles. The Kier molecular flexibility index (Phi) is 4.84. The van der Waals surface area contributed by atoms with E-state index in [9.17, 15) is 4.79 Å². The van der Waals surface area contributed by atoms with Crippen LogP contribution in [0.2, 0.25) is 0 Å². The van der Waals surface area contributed by atoms with Crippen LogP contribution in [0.1, 0.15) is 23.5 Å². The van der Waals surface area contributed by atoms with Gasteiger partial charge < -0.3 is 20.0 Å². The van der Waals surface area contributed by atoms with Crippen LogP contribution in [0.25, 0.3) is 0 Å². The summed E-state index contributed by atoms with van der Waals surface area (Å²) in [5, 5.41) is 6.67. The van der Waals surface area contributed by atoms with E-state index in [4.69, 9.17) is 16.6 Å². The van der Waals surface area contributed by atoms with E-state index in [1.807, 2.05) is 65.6 Å². The van der Waals surface area contributed by atoms with Crippen molar-refractivity contribution in [3.63, 3.8) is 0 Å². The Balaban J connectivity index is 1.58. The van der Waals surface area contributed by atoms with Crippen molar-refractivity contribution in [1.29, 1.82) is 0 Å². The molecule has 1 amide bonds. The van der Waals surface area contributed by atoms with Gasteiger partial charge in [-0.2, -0.15) is 0 Å². The molecule has 0 aliphatic carbocycles. The number of nitrogens with zero attached hydrogens (tertiary/aromatic N) is 2. The summed E-state index contributed by atoms with van der Waals surface area (Å²) in [6.07, 6.45) is 3.36. The molecule has 0 saturated carbocycles. The quantitative estimate of drug-likeness (QED) is 0.664. The molecular weight excluding hydrogens is 360 g/mol. The van der Waals surface area contributed by atoms with Gasteiger partial charge in [0.25, 0.3) is 0 Å². The number of hydrogen-bond acceptors (Lipinski definition) is 4. The minimum absolute atomic E-state index is 0.107. The van der Waals surface area contributed by atoms with Crippen LogP contribution in [-0.4, -0.2) is 27.4 Å². The number of rotatable bonds is 5. The zero-order valence-corrected chi connectivity index (χ0v) is 15.2. The monoisotopic (exact) mass is 378 g/mol. The van der Waals surface area contributed by atoms with Crippen LogP contribution in [0.3, 0.4) is 0 Å². The van der Waals surface area contributed by atoms with E-state index >= 15 is 0 Å². The Morgan fingerprint density at radius 2 is 1.96 bits per heavy atom. The molecule has 0 bridgehead atoms. The van der Waals surface area contributed by atoms with Crippen molar-refractivity contribution in [2.24, 2.45) is 0 Å². The van der Waals surface area contributed by atoms with Gasteiger partial charge in [-0.1, -0.05) is 24.3 Å². The maximum Gasteiger partial charge on any atom is 0.244 e. The molecule has 6 nitrogen and oxygen atoms in total. The minimum atomic E-state index is -0.260. The Morgan fingerprint density at radius 3 is 2.67 bits per heavy atom. The lowest BCUT2D eigenvalue weighted by atomic mass is 10.0. The lowest BCUT2D eigenvalue weighted by molar-refractivity contribution is -0.116. The number of benzene rings is 1. The van der Waals surface area contributed by atoms with Crippen LogP contribution in [-0.2, 0) is 4.79 Å². The Bertz CT molecular complexity index is 916. The fraction of sp³-hybridized carbons (Fsp3) is 0.150. The van der Waals surface area contributed by atoms with Gasteiger partial charge in [0.05, 0.1) is 18.0 Å². The highest BCUT2D eigenvalue weighted by atomic mass is 32.1. The molecule has 3 heterocycles. The van der Waals surface area contributed by atoms with Gasteiger partial charge in [0.2, 0.25) is 5.91 Å². The topological polar surface area (TPSA) is 70.4 Å². The van der Waals surface area contributed by atoms with E-state index in [-0.39, 0.29) is 24.5 Å². The zero-order chi connectivity index (χ0) is 18.6. The molecular formula is C20H18N4O2S. The first kappa shape index (κ1) is 17.2. The number of amides is 1. The van der Waals surface area contributed by atoms with Crippen molar-refractivity contribution in [3.8, 4) is 0 Å². The second-order valence-electron chi connectivity index (χ2n) is 6.18. The van der Waals surface area contributed by atoms with Gasteiger partial charge in [0.1, 0.15) is 18.3 Å². The number of carbonyl (C=O) groups is 1. The number of pyridine rings is 1. The predicted octanol–water partition coefficient (Wildman–Crippen LogP) is 3.29. The van der Waals surface area contributed by atoms with Crippen LogP contribution in [0.5, 0.6) is 0 Å². The van der Waals surface area contributed by atoms with Crippen LogP contribution in [0.4, 0.5) is 5.69 Å². The third-order valence-corrected chi connectivity index (χ3v) is 4.76. The Morgan fingerprint density at radius 1 is 1.15 bits per heavy atom. The molecule has 1 saturated heterocycles. The lowest BCUT2D eigenvalue weighted by Crippen LogP contribution is -2.36. The van der Waals surface area contributed by atoms with Crippen molar-refractivity contribution in [3.05, 3.63) is 84.6 Å². The van der Waals surface area contributed by atoms with Crippen LogP contribution >= 0.6 is 12.2 Å². The number of hydrogen-bond donors (Lipinski definition) is 2. The molecule has 2 unspecified atom stereocenters. The molecule has 3 aromatic rings. The van der Waals surface area contributed by atoms with E-state index in [2.05, 4.69) is 15.6 Å². The van der Waals surface area contributed by atoms with Gasteiger partial charge in [-0.3, -0.25) is 9.78 Å². The largest absolute Gasteiger partial charge is 0.467 e. The van der Waals surface area contributed by atoms with Crippen molar-refractivity contribution < 1.29 is 9.21 Å². The highest BCUT2D eigenvalue weighted by molar-refractivity contribution is 7.80. The second-order valence-corrected chi connectivity index (χ2v) is 6.57. The molecule has 2 atom stereocenters. The van der Waals surface area contributed by atoms with Crippen LogP contribution in [0, 0.1) is 0 Å². The number of carbonyl (C=O) groups excluding carboxylic acids is 1. The predicted molar refractivity (Wildman–Crippen MR) is 106 cm³/mol. The summed E-state index contributed by atoms with van der Waals surface area (Å²) < 4.78 is 5.65. The normalized spacial score (nSPS) is 19.0. The number of anilines is 1. The van der Waals surface area contributed by atoms with E-state index in [0.29, 0.717) is 5.11 Å². The smallest absolute Gasteiger partial charge is 0.244 e. The summed E-state index contributed by atoms with van der Waals surface area (Å²) in [5.74, 6) is 0.578. The van der Waals surface area contributed by atoms with Gasteiger partial charge in [0, 0.05) is 11.9 Å². The summed E-state index contributed by atoms with van der Waals surface area (Å²) in [5.41, 5.74) is 1.59. The van der Waals surface area contributed by atoms with E-state index in [1.165, 1.54) is 0 Å². The molecule has 0 spiro atoms. The molecule has 1 aromatic carbocycles. The number of thiocarbonyl (C=S) groups is 1. The van der Waals surface area contributed by atoms with Gasteiger partial charge in [-0.05, 0) is 48.6 Å². The summed E-state index contributed by atoms with van der Waals surface area (Å²) in [6, 6.07) is 18.3. The zero-order valence-electron chi connectivity index (χ0n) is 14.4. The summed E-state index contributed by atoms with van der Waals surface area (Å²) in [7, 11) is 0. The number of nitrogens with one attached hydrogen (secondary N) is 2. The summed E-state index contributed by atoms with van der Waals surface area (Å²) in [6.45, 7) is 0.107. The highest BCUT2D eigenvalue weighted by Crippen LogP contribution is 2.38. The summed E-state index contributed by atoms with van der Waals surface area (Å²) in [4.78, 5) is 18.9. The minimum Gasteiger partial charge on any atom is -0.467 e. The summed E-state index contributed by atoms with van der Waals surface area (Å²) >= 11 is 5.52. The molecule has 136 valence electrons. The van der Waals surface area contributed by atoms with E-state index in [1.54, 1.807) is 12.5 Å². The van der Waals surface area contributed by atoms with Gasteiger partial charge >= 0.3 is 0 Å². The molecule has 2 N–H and O–H groups in total. The number of furan rings is 1. The third kappa shape index (κ3) is 3.68. The maximum atomic E-state index is 12.6. The van der Waals surface area contributed by atoms with Crippen LogP contribution in [0.15, 0.2) is 77.5 Å². The fourth-order valence-corrected chi connectivity index (χ4v) is 3.53. The first-order valence-corrected chi connectivity index (χ1v) is 8.99. The molecule has 7 heteroatoms. The highest BCUT2D eigenvalue weighted by Gasteiger charge is 2.42. The standard InChI is InChI=1S/C20H18N4O2S/c25-17(22-14-7-2-1-3-8-14)13-24-19(16-10-6-12-26-16)18(23-20(24)27)15-9-4-5-11-21-15/h1-12,18-19H,13H2,(H,22,25)(H,23,27). The van der Waals surface area contributed by atoms with Crippen molar-refractivity contribution >= 4 is 28.9 Å². The number of aromatic nitrogens is 1. The SMILES string of the molecule is O=C(CN1C(=S)NC(c2ccccn2)C1c1ccco1)Nc1ccccc1. The molecule has 0 radical (unpaired) electrons. The first-order chi connectivity index (χ1) is 13.2. The van der Waals surface area contributed by atoms with Gasteiger partial charge in [-0.15, -0.1) is 0 Å². The first-order valence-electron chi connectivity index (χ1n) is 8.59. The van der Waals surface area contributed by atoms with Gasteiger partial charge in [0.15, 0.2) is 5.11 Å². The molecule has 4 rings (SSSR count). The third-order valence-electron chi connectivity index (χ3n) is 4.40. The van der Waals surface area contributed by atoms with Crippen molar-refractivity contribution in [2.45, 2.75) is 12.1 Å². The Hall–Kier alpha value is -3.19. The average molecular weight is 378 g/mol. The average Bonchev–Trinajstić information content (AvgIpc) is 3.32. The van der Waals surface area contributed by atoms with Crippen molar-refractivity contribution in [1.82, 2.24) is 15.2 Å². The Labute approximate surface area is 162 Å². The van der Waals surface area contributed by atoms with Gasteiger partial charge in [-0.25, -0.2) is 0 Å². The van der Waals surface area contributed by atoms with Crippen molar-refractivity contribution in [2.75, 3.05) is 11.9 Å². The van der Waals surface area contributed by atoms with E-state index in [0.717, 1.165) is 17.1 Å². The molecule has 1 aliphatic rings. The van der Waals surface area contributed by atoms with Crippen LogP contribution < -0.4 is 10.6 Å².